The molecule has 1 N–H and O–H groups in total. The van der Waals surface area contributed by atoms with E-state index in [1.807, 2.05) is 6.07 Å². The topological polar surface area (TPSA) is 33.1 Å². The van der Waals surface area contributed by atoms with E-state index in [2.05, 4.69) is 47.1 Å². The third kappa shape index (κ3) is 2.72. The third-order valence-electron chi connectivity index (χ3n) is 4.46. The van der Waals surface area contributed by atoms with E-state index in [0.717, 1.165) is 31.1 Å². The van der Waals surface area contributed by atoms with E-state index in [4.69, 9.17) is 4.98 Å². The van der Waals surface area contributed by atoms with Crippen molar-refractivity contribution in [3.8, 4) is 0 Å². The number of nitrogens with one attached hydrogen (secondary N) is 1. The lowest BCUT2D eigenvalue weighted by atomic mass is 10.2. The number of hydrogen-bond donors (Lipinski definition) is 1. The number of aryl methyl sites for hydroxylation is 1. The van der Waals surface area contributed by atoms with Crippen LogP contribution in [0, 0.1) is 0 Å². The van der Waals surface area contributed by atoms with Crippen LogP contribution in [-0.2, 0) is 13.5 Å². The van der Waals surface area contributed by atoms with Crippen LogP contribution in [0.5, 0.6) is 0 Å². The zero-order chi connectivity index (χ0) is 13.9. The van der Waals surface area contributed by atoms with Crippen LogP contribution in [-0.4, -0.2) is 47.2 Å². The molecule has 3 rings (SSSR count). The minimum absolute atomic E-state index is 0.718. The Hall–Kier alpha value is -1.39. The second-order valence-electron chi connectivity index (χ2n) is 5.81. The van der Waals surface area contributed by atoms with E-state index in [9.17, 15) is 0 Å². The van der Waals surface area contributed by atoms with E-state index in [1.54, 1.807) is 0 Å². The van der Waals surface area contributed by atoms with Gasteiger partial charge in [0.1, 0.15) is 5.82 Å². The Labute approximate surface area is 120 Å². The lowest BCUT2D eigenvalue weighted by Gasteiger charge is -2.19. The molecule has 0 spiro atoms. The molecule has 0 bridgehead atoms. The Morgan fingerprint density at radius 3 is 2.90 bits per heavy atom. The monoisotopic (exact) mass is 272 g/mol. The molecule has 1 aromatic heterocycles. The summed E-state index contributed by atoms with van der Waals surface area (Å²) < 4.78 is 2.21. The Bertz CT molecular complexity index is 575. The molecular formula is C16H24N4. The zero-order valence-electron chi connectivity index (χ0n) is 12.5. The summed E-state index contributed by atoms with van der Waals surface area (Å²) in [5, 5.41) is 3.58. The van der Waals surface area contributed by atoms with E-state index in [-0.39, 0.29) is 0 Å². The third-order valence-corrected chi connectivity index (χ3v) is 4.46. The fourth-order valence-corrected chi connectivity index (χ4v) is 3.13. The second-order valence-corrected chi connectivity index (χ2v) is 5.81. The number of fused-ring (bicyclic) bond motifs is 1. The van der Waals surface area contributed by atoms with Crippen LogP contribution in [0.15, 0.2) is 24.3 Å². The largest absolute Gasteiger partial charge is 0.331 e. The predicted molar refractivity (Wildman–Crippen MR) is 82.9 cm³/mol. The molecule has 4 nitrogen and oxygen atoms in total. The number of para-hydroxylation sites is 2. The van der Waals surface area contributed by atoms with Gasteiger partial charge in [-0.05, 0) is 38.6 Å². The smallest absolute Gasteiger partial charge is 0.110 e. The summed E-state index contributed by atoms with van der Waals surface area (Å²) in [7, 11) is 4.33. The molecule has 4 heteroatoms. The normalized spacial score (nSPS) is 20.0. The number of hydrogen-bond acceptors (Lipinski definition) is 3. The van der Waals surface area contributed by atoms with Crippen molar-refractivity contribution in [1.29, 1.82) is 0 Å². The van der Waals surface area contributed by atoms with E-state index >= 15 is 0 Å². The van der Waals surface area contributed by atoms with Crippen molar-refractivity contribution in [1.82, 2.24) is 19.8 Å². The predicted octanol–water partition coefficient (Wildman–Crippen LogP) is 1.80. The number of nitrogens with zero attached hydrogens (tertiary/aromatic N) is 3. The first-order valence-corrected chi connectivity index (χ1v) is 7.57. The number of benzene rings is 1. The van der Waals surface area contributed by atoms with Gasteiger partial charge in [-0.25, -0.2) is 4.98 Å². The first kappa shape index (κ1) is 13.6. The van der Waals surface area contributed by atoms with Crippen molar-refractivity contribution in [3.05, 3.63) is 30.1 Å². The van der Waals surface area contributed by atoms with E-state index in [0.29, 0.717) is 0 Å². The van der Waals surface area contributed by atoms with Crippen LogP contribution in [0.4, 0.5) is 0 Å². The van der Waals surface area contributed by atoms with Gasteiger partial charge in [-0.15, -0.1) is 0 Å². The number of rotatable bonds is 5. The first-order chi connectivity index (χ1) is 9.75. The second kappa shape index (κ2) is 5.94. The van der Waals surface area contributed by atoms with Crippen molar-refractivity contribution >= 4 is 11.0 Å². The Morgan fingerprint density at radius 1 is 1.30 bits per heavy atom. The highest BCUT2D eigenvalue weighted by atomic mass is 15.2. The van der Waals surface area contributed by atoms with E-state index < -0.39 is 0 Å². The molecular weight excluding hydrogens is 248 g/mol. The molecule has 1 fully saturated rings. The van der Waals surface area contributed by atoms with Crippen molar-refractivity contribution in [3.63, 3.8) is 0 Å². The molecule has 0 radical (unpaired) electrons. The molecule has 1 unspecified atom stereocenters. The average Bonchev–Trinajstić information content (AvgIpc) is 3.00. The van der Waals surface area contributed by atoms with Crippen molar-refractivity contribution in [2.75, 3.05) is 26.7 Å². The minimum Gasteiger partial charge on any atom is -0.331 e. The summed E-state index contributed by atoms with van der Waals surface area (Å²) in [5.74, 6) is 1.17. The molecule has 1 aliphatic heterocycles. The molecule has 0 amide bonds. The SMILES string of the molecule is CN1CCCC1CNCCc1nc2ccccc2n1C. The van der Waals surface area contributed by atoms with Gasteiger partial charge >= 0.3 is 0 Å². The molecule has 1 aromatic carbocycles. The zero-order valence-corrected chi connectivity index (χ0v) is 12.5. The van der Waals surface area contributed by atoms with Gasteiger partial charge in [0.2, 0.25) is 0 Å². The number of likely N-dealkylation sites (N-methyl/N-ethyl adjacent to an activating group) is 1. The van der Waals surface area contributed by atoms with E-state index in [1.165, 1.54) is 30.7 Å². The molecule has 1 saturated heterocycles. The summed E-state index contributed by atoms with van der Waals surface area (Å²) >= 11 is 0. The van der Waals surface area contributed by atoms with Gasteiger partial charge in [0.25, 0.3) is 0 Å². The fourth-order valence-electron chi connectivity index (χ4n) is 3.13. The lowest BCUT2D eigenvalue weighted by molar-refractivity contribution is 0.301. The summed E-state index contributed by atoms with van der Waals surface area (Å²) in [6, 6.07) is 9.05. The molecule has 0 aliphatic carbocycles. The van der Waals surface area contributed by atoms with Crippen LogP contribution in [0.3, 0.4) is 0 Å². The highest BCUT2D eigenvalue weighted by Crippen LogP contribution is 2.15. The lowest BCUT2D eigenvalue weighted by Crippen LogP contribution is -2.36. The Balaban J connectivity index is 1.53. The summed E-state index contributed by atoms with van der Waals surface area (Å²) in [6.07, 6.45) is 3.66. The molecule has 1 atom stereocenters. The average molecular weight is 272 g/mol. The van der Waals surface area contributed by atoms with Gasteiger partial charge in [-0.1, -0.05) is 12.1 Å². The van der Waals surface area contributed by atoms with Gasteiger partial charge in [0, 0.05) is 32.6 Å². The maximum Gasteiger partial charge on any atom is 0.110 e. The Kier molecular flexibility index (Phi) is 4.03. The Morgan fingerprint density at radius 2 is 2.15 bits per heavy atom. The van der Waals surface area contributed by atoms with Gasteiger partial charge in [0.05, 0.1) is 11.0 Å². The van der Waals surface area contributed by atoms with Crippen molar-refractivity contribution in [2.45, 2.75) is 25.3 Å². The van der Waals surface area contributed by atoms with Crippen molar-refractivity contribution in [2.24, 2.45) is 7.05 Å². The van der Waals surface area contributed by atoms with Crippen LogP contribution in [0.2, 0.25) is 0 Å². The molecule has 108 valence electrons. The quantitative estimate of drug-likeness (QED) is 0.843. The van der Waals surface area contributed by atoms with Gasteiger partial charge in [0.15, 0.2) is 0 Å². The van der Waals surface area contributed by atoms with Crippen LogP contribution in [0.25, 0.3) is 11.0 Å². The minimum atomic E-state index is 0.718. The van der Waals surface area contributed by atoms with Crippen LogP contribution in [0.1, 0.15) is 18.7 Å². The molecule has 1 aliphatic rings. The maximum absolute atomic E-state index is 4.71. The maximum atomic E-state index is 4.71. The first-order valence-electron chi connectivity index (χ1n) is 7.57. The van der Waals surface area contributed by atoms with Crippen LogP contribution < -0.4 is 5.32 Å². The molecule has 20 heavy (non-hydrogen) atoms. The van der Waals surface area contributed by atoms with Gasteiger partial charge < -0.3 is 14.8 Å². The van der Waals surface area contributed by atoms with Crippen molar-refractivity contribution < 1.29 is 0 Å². The number of likely N-dealkylation sites (tertiary alicyclic amines) is 1. The standard InChI is InChI=1S/C16H24N4/c1-19-11-5-6-13(19)12-17-10-9-16-18-14-7-3-4-8-15(14)20(16)2/h3-4,7-8,13,17H,5-6,9-12H2,1-2H3. The fraction of sp³-hybridized carbons (Fsp3) is 0.562. The molecule has 0 saturated carbocycles. The number of imidazole rings is 1. The number of aromatic nitrogens is 2. The van der Waals surface area contributed by atoms with Gasteiger partial charge in [-0.3, -0.25) is 0 Å². The highest BCUT2D eigenvalue weighted by Gasteiger charge is 2.19. The summed E-state index contributed by atoms with van der Waals surface area (Å²) in [4.78, 5) is 7.17. The molecule has 2 aromatic rings. The highest BCUT2D eigenvalue weighted by molar-refractivity contribution is 5.75. The molecule has 2 heterocycles. The van der Waals surface area contributed by atoms with Crippen LogP contribution >= 0.6 is 0 Å². The summed E-state index contributed by atoms with van der Waals surface area (Å²) in [6.45, 7) is 3.35. The van der Waals surface area contributed by atoms with Gasteiger partial charge in [-0.2, -0.15) is 0 Å². The summed E-state index contributed by atoms with van der Waals surface area (Å²) in [5.41, 5.74) is 2.32.